The highest BCUT2D eigenvalue weighted by Crippen LogP contribution is 2.11. The number of benzene rings is 1. The highest BCUT2D eigenvalue weighted by molar-refractivity contribution is 6.30. The van der Waals surface area contributed by atoms with Gasteiger partial charge in [0.25, 0.3) is 5.91 Å². The summed E-state index contributed by atoms with van der Waals surface area (Å²) in [5.41, 5.74) is 0.332. The number of carbonyl (C=O) groups is 2. The van der Waals surface area contributed by atoms with Crippen molar-refractivity contribution in [1.29, 1.82) is 0 Å². The first-order chi connectivity index (χ1) is 7.50. The van der Waals surface area contributed by atoms with Gasteiger partial charge in [-0.2, -0.15) is 0 Å². The van der Waals surface area contributed by atoms with Crippen LogP contribution in [0.1, 0.15) is 10.4 Å². The summed E-state index contributed by atoms with van der Waals surface area (Å²) >= 11 is 5.72. The largest absolute Gasteiger partial charge is 0.452 e. The Morgan fingerprint density at radius 2 is 2.06 bits per heavy atom. The molecule has 1 amide bonds. The molecule has 0 aliphatic rings. The zero-order valence-corrected chi connectivity index (χ0v) is 9.82. The fourth-order valence-corrected chi connectivity index (χ4v) is 1.15. The number of halogens is 1. The van der Waals surface area contributed by atoms with Crippen molar-refractivity contribution in [1.82, 2.24) is 4.90 Å². The molecule has 5 heteroatoms. The lowest BCUT2D eigenvalue weighted by Gasteiger charge is -2.10. The molecule has 86 valence electrons. The molecule has 0 saturated carbocycles. The summed E-state index contributed by atoms with van der Waals surface area (Å²) in [7, 11) is 3.19. The molecule has 16 heavy (non-hydrogen) atoms. The van der Waals surface area contributed by atoms with Crippen LogP contribution < -0.4 is 0 Å². The number of rotatable bonds is 3. The van der Waals surface area contributed by atoms with Crippen molar-refractivity contribution in [3.63, 3.8) is 0 Å². The predicted octanol–water partition coefficient (Wildman–Crippen LogP) is 1.58. The molecule has 1 aromatic carbocycles. The van der Waals surface area contributed by atoms with Crippen LogP contribution in [0.3, 0.4) is 0 Å². The molecule has 1 aromatic rings. The average molecular weight is 242 g/mol. The number of hydrogen-bond donors (Lipinski definition) is 0. The Bertz CT molecular complexity index is 404. The van der Waals surface area contributed by atoms with Crippen molar-refractivity contribution < 1.29 is 14.3 Å². The minimum absolute atomic E-state index is 0.266. The van der Waals surface area contributed by atoms with Crippen molar-refractivity contribution in [2.24, 2.45) is 0 Å². The maximum atomic E-state index is 11.5. The maximum absolute atomic E-state index is 11.5. The second-order valence-electron chi connectivity index (χ2n) is 3.37. The third kappa shape index (κ3) is 3.55. The molecule has 0 fully saturated rings. The van der Waals surface area contributed by atoms with Gasteiger partial charge in [0.2, 0.25) is 0 Å². The molecule has 0 N–H and O–H groups in total. The molecule has 0 unspecified atom stereocenters. The Kier molecular flexibility index (Phi) is 4.31. The summed E-state index contributed by atoms with van der Waals surface area (Å²) in [6.07, 6.45) is 0. The van der Waals surface area contributed by atoms with Crippen LogP contribution in [0.25, 0.3) is 0 Å². The van der Waals surface area contributed by atoms with Gasteiger partial charge < -0.3 is 9.64 Å². The topological polar surface area (TPSA) is 46.6 Å². The maximum Gasteiger partial charge on any atom is 0.338 e. The molecule has 0 aliphatic heterocycles. The second-order valence-corrected chi connectivity index (χ2v) is 3.81. The number of ether oxygens (including phenoxy) is 1. The molecule has 0 heterocycles. The van der Waals surface area contributed by atoms with E-state index >= 15 is 0 Å². The Labute approximate surface area is 98.8 Å². The van der Waals surface area contributed by atoms with E-state index in [-0.39, 0.29) is 12.5 Å². The summed E-state index contributed by atoms with van der Waals surface area (Å²) in [6, 6.07) is 6.37. The van der Waals surface area contributed by atoms with Crippen LogP contribution in [0.15, 0.2) is 24.3 Å². The minimum Gasteiger partial charge on any atom is -0.452 e. The zero-order valence-electron chi connectivity index (χ0n) is 9.07. The third-order valence-corrected chi connectivity index (χ3v) is 2.12. The van der Waals surface area contributed by atoms with Crippen LogP contribution in [-0.4, -0.2) is 37.5 Å². The van der Waals surface area contributed by atoms with E-state index in [1.807, 2.05) is 0 Å². The number of hydrogen-bond acceptors (Lipinski definition) is 3. The standard InChI is InChI=1S/C11H12ClNO3/c1-13(2)10(14)7-16-11(15)8-4-3-5-9(12)6-8/h3-6H,7H2,1-2H3. The number of likely N-dealkylation sites (N-methyl/N-ethyl adjacent to an activating group) is 1. The molecular formula is C11H12ClNO3. The minimum atomic E-state index is -0.558. The van der Waals surface area contributed by atoms with E-state index in [0.717, 1.165) is 0 Å². The number of amides is 1. The van der Waals surface area contributed by atoms with E-state index in [2.05, 4.69) is 0 Å². The molecule has 0 aromatic heterocycles. The van der Waals surface area contributed by atoms with Gasteiger partial charge in [-0.25, -0.2) is 4.79 Å². The van der Waals surface area contributed by atoms with E-state index in [0.29, 0.717) is 10.6 Å². The molecule has 4 nitrogen and oxygen atoms in total. The van der Waals surface area contributed by atoms with E-state index in [1.165, 1.54) is 11.0 Å². The van der Waals surface area contributed by atoms with E-state index in [4.69, 9.17) is 16.3 Å². The predicted molar refractivity (Wildman–Crippen MR) is 60.4 cm³/mol. The van der Waals surface area contributed by atoms with Gasteiger partial charge in [0, 0.05) is 19.1 Å². The summed E-state index contributed by atoms with van der Waals surface area (Å²) in [6.45, 7) is -0.266. The van der Waals surface area contributed by atoms with Gasteiger partial charge in [0.15, 0.2) is 6.61 Å². The Hall–Kier alpha value is -1.55. The number of carbonyl (C=O) groups excluding carboxylic acids is 2. The van der Waals surface area contributed by atoms with Crippen molar-refractivity contribution in [3.8, 4) is 0 Å². The van der Waals surface area contributed by atoms with Crippen LogP contribution in [0.5, 0.6) is 0 Å². The van der Waals surface area contributed by atoms with Gasteiger partial charge in [0.1, 0.15) is 0 Å². The lowest BCUT2D eigenvalue weighted by molar-refractivity contribution is -0.131. The number of nitrogens with zero attached hydrogens (tertiary/aromatic N) is 1. The highest BCUT2D eigenvalue weighted by Gasteiger charge is 2.11. The lowest BCUT2D eigenvalue weighted by atomic mass is 10.2. The van der Waals surface area contributed by atoms with Gasteiger partial charge in [0.05, 0.1) is 5.56 Å². The average Bonchev–Trinajstić information content (AvgIpc) is 2.25. The monoisotopic (exact) mass is 241 g/mol. The third-order valence-electron chi connectivity index (χ3n) is 1.89. The van der Waals surface area contributed by atoms with Crippen molar-refractivity contribution >= 4 is 23.5 Å². The first kappa shape index (κ1) is 12.5. The summed E-state index contributed by atoms with van der Waals surface area (Å²) in [4.78, 5) is 24.0. The van der Waals surface area contributed by atoms with Gasteiger partial charge in [-0.3, -0.25) is 4.79 Å². The molecular weight excluding hydrogens is 230 g/mol. The lowest BCUT2D eigenvalue weighted by Crippen LogP contribution is -2.27. The molecule has 0 spiro atoms. The van der Waals surface area contributed by atoms with Gasteiger partial charge in [-0.1, -0.05) is 17.7 Å². The van der Waals surface area contributed by atoms with Crippen molar-refractivity contribution in [2.75, 3.05) is 20.7 Å². The quantitative estimate of drug-likeness (QED) is 0.755. The van der Waals surface area contributed by atoms with E-state index < -0.39 is 5.97 Å². The van der Waals surface area contributed by atoms with Crippen LogP contribution in [0.2, 0.25) is 5.02 Å². The summed E-state index contributed by atoms with van der Waals surface area (Å²) < 4.78 is 4.82. The first-order valence-corrected chi connectivity index (χ1v) is 5.01. The zero-order chi connectivity index (χ0) is 12.1. The van der Waals surface area contributed by atoms with Gasteiger partial charge in [-0.05, 0) is 18.2 Å². The highest BCUT2D eigenvalue weighted by atomic mass is 35.5. The fraction of sp³-hybridized carbons (Fsp3) is 0.273. The Morgan fingerprint density at radius 3 is 2.62 bits per heavy atom. The summed E-state index contributed by atoms with van der Waals surface area (Å²) in [5, 5.41) is 0.452. The van der Waals surface area contributed by atoms with E-state index in [9.17, 15) is 9.59 Å². The Balaban J connectivity index is 2.57. The Morgan fingerprint density at radius 1 is 1.38 bits per heavy atom. The normalized spacial score (nSPS) is 9.69. The van der Waals surface area contributed by atoms with Crippen molar-refractivity contribution in [2.45, 2.75) is 0 Å². The molecule has 1 rings (SSSR count). The second kappa shape index (κ2) is 5.51. The van der Waals surface area contributed by atoms with Crippen LogP contribution >= 0.6 is 11.6 Å². The molecule has 0 saturated heterocycles. The summed E-state index contributed by atoms with van der Waals surface area (Å²) in [5.74, 6) is -0.826. The van der Waals surface area contributed by atoms with Crippen LogP contribution in [0.4, 0.5) is 0 Å². The van der Waals surface area contributed by atoms with Crippen LogP contribution in [0, 0.1) is 0 Å². The molecule has 0 aliphatic carbocycles. The molecule has 0 bridgehead atoms. The molecule has 0 atom stereocenters. The van der Waals surface area contributed by atoms with Crippen LogP contribution in [-0.2, 0) is 9.53 Å². The smallest absolute Gasteiger partial charge is 0.338 e. The van der Waals surface area contributed by atoms with Crippen molar-refractivity contribution in [3.05, 3.63) is 34.9 Å². The first-order valence-electron chi connectivity index (χ1n) is 4.63. The molecule has 0 radical (unpaired) electrons. The SMILES string of the molecule is CN(C)C(=O)COC(=O)c1cccc(Cl)c1. The fourth-order valence-electron chi connectivity index (χ4n) is 0.955. The van der Waals surface area contributed by atoms with Gasteiger partial charge in [-0.15, -0.1) is 0 Å². The number of esters is 1. The van der Waals surface area contributed by atoms with Gasteiger partial charge >= 0.3 is 5.97 Å². The van der Waals surface area contributed by atoms with E-state index in [1.54, 1.807) is 32.3 Å².